The Morgan fingerprint density at radius 3 is 2.74 bits per heavy atom. The number of ether oxygens (including phenoxy) is 1. The zero-order valence-corrected chi connectivity index (χ0v) is 11.9. The average Bonchev–Trinajstić information content (AvgIpc) is 2.91. The van der Waals surface area contributed by atoms with Crippen molar-refractivity contribution in [3.8, 4) is 5.75 Å². The molecule has 1 aromatic carbocycles. The van der Waals surface area contributed by atoms with Gasteiger partial charge in [-0.1, -0.05) is 6.92 Å². The molecule has 8 nitrogen and oxygen atoms in total. The number of nitrogens with zero attached hydrogens (tertiary/aromatic N) is 5. The van der Waals surface area contributed by atoms with Crippen molar-refractivity contribution in [2.45, 2.75) is 32.7 Å². The number of alkyl halides is 3. The van der Waals surface area contributed by atoms with Gasteiger partial charge in [0.15, 0.2) is 5.82 Å². The van der Waals surface area contributed by atoms with Crippen LogP contribution in [-0.2, 0) is 19.3 Å². The second kappa shape index (κ2) is 6.58. The maximum atomic E-state index is 13.0. The summed E-state index contributed by atoms with van der Waals surface area (Å²) in [5.74, 6) is -0.257. The van der Waals surface area contributed by atoms with E-state index in [0.29, 0.717) is 12.6 Å². The highest BCUT2D eigenvalue weighted by molar-refractivity contribution is 5.45. The first kappa shape index (κ1) is 16.6. The molecule has 124 valence electrons. The van der Waals surface area contributed by atoms with Gasteiger partial charge >= 0.3 is 6.18 Å². The third-order valence-corrected chi connectivity index (χ3v) is 2.88. The largest absolute Gasteiger partial charge is 0.485 e. The molecule has 0 amide bonds. The van der Waals surface area contributed by atoms with E-state index in [-0.39, 0.29) is 12.4 Å². The van der Waals surface area contributed by atoms with E-state index in [1.165, 1.54) is 4.68 Å². The van der Waals surface area contributed by atoms with E-state index in [9.17, 15) is 23.3 Å². The monoisotopic (exact) mass is 331 g/mol. The number of hydrogen-bond acceptors (Lipinski definition) is 6. The van der Waals surface area contributed by atoms with Crippen molar-refractivity contribution in [1.82, 2.24) is 20.2 Å². The summed E-state index contributed by atoms with van der Waals surface area (Å²) in [5.41, 5.74) is -1.89. The fourth-order valence-electron chi connectivity index (χ4n) is 1.83. The van der Waals surface area contributed by atoms with E-state index in [4.69, 9.17) is 4.74 Å². The first-order valence-electron chi connectivity index (χ1n) is 6.56. The van der Waals surface area contributed by atoms with Gasteiger partial charge in [0.25, 0.3) is 5.69 Å². The topological polar surface area (TPSA) is 96.0 Å². The lowest BCUT2D eigenvalue weighted by atomic mass is 10.1. The van der Waals surface area contributed by atoms with Gasteiger partial charge in [-0.05, 0) is 22.9 Å². The highest BCUT2D eigenvalue weighted by Crippen LogP contribution is 2.38. The molecule has 1 heterocycles. The van der Waals surface area contributed by atoms with Gasteiger partial charge in [-0.2, -0.15) is 13.2 Å². The SMILES string of the molecule is CCCn1nnnc1COc1ccc([N+](=O)[O-])cc1C(F)(F)F. The predicted molar refractivity (Wildman–Crippen MR) is 70.5 cm³/mol. The molecule has 0 aliphatic rings. The fraction of sp³-hybridized carbons (Fsp3) is 0.417. The molecule has 0 spiro atoms. The fourth-order valence-corrected chi connectivity index (χ4v) is 1.83. The number of benzene rings is 1. The lowest BCUT2D eigenvalue weighted by Crippen LogP contribution is -2.12. The van der Waals surface area contributed by atoms with Crippen LogP contribution < -0.4 is 4.74 Å². The number of tetrazole rings is 1. The van der Waals surface area contributed by atoms with Crippen molar-refractivity contribution in [1.29, 1.82) is 0 Å². The van der Waals surface area contributed by atoms with Crippen molar-refractivity contribution in [3.05, 3.63) is 39.7 Å². The first-order chi connectivity index (χ1) is 10.8. The summed E-state index contributed by atoms with van der Waals surface area (Å²) in [6.07, 6.45) is -4.04. The van der Waals surface area contributed by atoms with Crippen LogP contribution >= 0.6 is 0 Å². The Bertz CT molecular complexity index is 701. The molecule has 0 aliphatic carbocycles. The molecule has 0 radical (unpaired) electrons. The normalized spacial score (nSPS) is 11.5. The van der Waals surface area contributed by atoms with Gasteiger partial charge in [-0.3, -0.25) is 10.1 Å². The van der Waals surface area contributed by atoms with Crippen LogP contribution in [0.25, 0.3) is 0 Å². The maximum Gasteiger partial charge on any atom is 0.420 e. The Morgan fingerprint density at radius 2 is 2.13 bits per heavy atom. The summed E-state index contributed by atoms with van der Waals surface area (Å²) in [6, 6.07) is 2.29. The minimum atomic E-state index is -4.78. The van der Waals surface area contributed by atoms with Crippen molar-refractivity contribution >= 4 is 5.69 Å². The Morgan fingerprint density at radius 1 is 1.39 bits per heavy atom. The summed E-state index contributed by atoms with van der Waals surface area (Å²) >= 11 is 0. The number of aromatic nitrogens is 4. The van der Waals surface area contributed by atoms with Crippen LogP contribution in [0.3, 0.4) is 0 Å². The zero-order valence-electron chi connectivity index (χ0n) is 11.9. The molecule has 0 bridgehead atoms. The Hall–Kier alpha value is -2.72. The number of nitro groups is 1. The van der Waals surface area contributed by atoms with Crippen molar-refractivity contribution < 1.29 is 22.8 Å². The van der Waals surface area contributed by atoms with Crippen LogP contribution in [0.1, 0.15) is 24.7 Å². The minimum Gasteiger partial charge on any atom is -0.485 e. The Kier molecular flexibility index (Phi) is 4.77. The van der Waals surface area contributed by atoms with E-state index in [1.807, 2.05) is 6.92 Å². The van der Waals surface area contributed by atoms with E-state index in [1.54, 1.807) is 0 Å². The van der Waals surface area contributed by atoms with Crippen LogP contribution in [-0.4, -0.2) is 25.1 Å². The van der Waals surface area contributed by atoms with Gasteiger partial charge in [0, 0.05) is 18.7 Å². The summed E-state index contributed by atoms with van der Waals surface area (Å²) in [4.78, 5) is 9.72. The number of nitro benzene ring substituents is 1. The van der Waals surface area contributed by atoms with Crippen molar-refractivity contribution in [2.75, 3.05) is 0 Å². The second-order valence-corrected chi connectivity index (χ2v) is 4.54. The van der Waals surface area contributed by atoms with Gasteiger partial charge in [-0.15, -0.1) is 5.10 Å². The Balaban J connectivity index is 2.25. The Labute approximate surface area is 128 Å². The summed E-state index contributed by atoms with van der Waals surface area (Å²) < 4.78 is 45.6. The van der Waals surface area contributed by atoms with E-state index in [2.05, 4.69) is 15.5 Å². The molecule has 23 heavy (non-hydrogen) atoms. The van der Waals surface area contributed by atoms with Crippen molar-refractivity contribution in [2.24, 2.45) is 0 Å². The predicted octanol–water partition coefficient (Wildman–Crippen LogP) is 2.59. The summed E-state index contributed by atoms with van der Waals surface area (Å²) in [5, 5.41) is 21.4. The zero-order chi connectivity index (χ0) is 17.0. The van der Waals surface area contributed by atoms with Crippen LogP contribution in [0.2, 0.25) is 0 Å². The standard InChI is InChI=1S/C12H12F3N5O3/c1-2-5-19-11(16-17-18-19)7-23-10-4-3-8(20(21)22)6-9(10)12(13,14)15/h3-4,6H,2,5,7H2,1H3. The van der Waals surface area contributed by atoms with Gasteiger partial charge in [-0.25, -0.2) is 4.68 Å². The lowest BCUT2D eigenvalue weighted by molar-refractivity contribution is -0.385. The highest BCUT2D eigenvalue weighted by atomic mass is 19.4. The molecular weight excluding hydrogens is 319 g/mol. The van der Waals surface area contributed by atoms with E-state index < -0.39 is 28.1 Å². The summed E-state index contributed by atoms with van der Waals surface area (Å²) in [6.45, 7) is 2.11. The number of non-ortho nitro benzene ring substituents is 1. The molecule has 1 aromatic heterocycles. The van der Waals surface area contributed by atoms with Crippen molar-refractivity contribution in [3.63, 3.8) is 0 Å². The number of aryl methyl sites for hydroxylation is 1. The molecular formula is C12H12F3N5O3. The van der Waals surface area contributed by atoms with E-state index >= 15 is 0 Å². The molecule has 0 saturated heterocycles. The molecule has 2 rings (SSSR count). The lowest BCUT2D eigenvalue weighted by Gasteiger charge is -2.13. The number of halogens is 3. The van der Waals surface area contributed by atoms with Crippen LogP contribution in [0, 0.1) is 10.1 Å². The minimum absolute atomic E-state index is 0.262. The van der Waals surface area contributed by atoms with Crippen LogP contribution in [0.5, 0.6) is 5.75 Å². The molecule has 0 N–H and O–H groups in total. The first-order valence-corrected chi connectivity index (χ1v) is 6.56. The average molecular weight is 331 g/mol. The third kappa shape index (κ3) is 3.93. The molecule has 0 atom stereocenters. The van der Waals surface area contributed by atoms with E-state index in [0.717, 1.165) is 18.6 Å². The highest BCUT2D eigenvalue weighted by Gasteiger charge is 2.36. The molecule has 11 heteroatoms. The molecule has 0 unspecified atom stereocenters. The molecule has 0 aliphatic heterocycles. The molecule has 0 fully saturated rings. The second-order valence-electron chi connectivity index (χ2n) is 4.54. The van der Waals surface area contributed by atoms with Crippen LogP contribution in [0.4, 0.5) is 18.9 Å². The molecule has 2 aromatic rings. The number of rotatable bonds is 6. The van der Waals surface area contributed by atoms with Crippen LogP contribution in [0.15, 0.2) is 18.2 Å². The van der Waals surface area contributed by atoms with Gasteiger partial charge in [0.1, 0.15) is 17.9 Å². The smallest absolute Gasteiger partial charge is 0.420 e. The van der Waals surface area contributed by atoms with Gasteiger partial charge in [0.2, 0.25) is 0 Å². The van der Waals surface area contributed by atoms with Gasteiger partial charge in [0.05, 0.1) is 4.92 Å². The third-order valence-electron chi connectivity index (χ3n) is 2.88. The maximum absolute atomic E-state index is 13.0. The summed E-state index contributed by atoms with van der Waals surface area (Å²) in [7, 11) is 0. The number of hydrogen-bond donors (Lipinski definition) is 0. The molecule has 0 saturated carbocycles. The van der Waals surface area contributed by atoms with Gasteiger partial charge < -0.3 is 4.74 Å². The quantitative estimate of drug-likeness (QED) is 0.596.